The molecule has 0 heterocycles. The molecule has 0 radical (unpaired) electrons. The molecule has 1 aromatic carbocycles. The lowest BCUT2D eigenvalue weighted by atomic mass is 10.1. The molecule has 0 saturated carbocycles. The largest absolute Gasteiger partial charge is 0.468 e. The summed E-state index contributed by atoms with van der Waals surface area (Å²) in [7, 11) is 1.26. The van der Waals surface area contributed by atoms with Crippen LogP contribution in [0.5, 0.6) is 0 Å². The number of benzene rings is 1. The van der Waals surface area contributed by atoms with Crippen LogP contribution >= 0.6 is 35.6 Å². The Balaban J connectivity index is 0.00000196. The second kappa shape index (κ2) is 6.18. The number of nitrogens with two attached hydrogens (primary N) is 1. The van der Waals surface area contributed by atoms with Crippen LogP contribution in [0.25, 0.3) is 0 Å². The SMILES string of the molecule is COC(=O)[C@@H](N)c1c(Cl)cccc1Cl.Cl. The van der Waals surface area contributed by atoms with Crippen LogP contribution in [0.2, 0.25) is 10.0 Å². The minimum Gasteiger partial charge on any atom is -0.468 e. The van der Waals surface area contributed by atoms with Gasteiger partial charge < -0.3 is 10.5 Å². The summed E-state index contributed by atoms with van der Waals surface area (Å²) in [6, 6.07) is 3.97. The van der Waals surface area contributed by atoms with Gasteiger partial charge in [0.25, 0.3) is 0 Å². The minimum absolute atomic E-state index is 0. The van der Waals surface area contributed by atoms with Crippen molar-refractivity contribution in [2.45, 2.75) is 6.04 Å². The summed E-state index contributed by atoms with van der Waals surface area (Å²) in [4.78, 5) is 11.2. The molecule has 0 unspecified atom stereocenters. The molecule has 0 saturated heterocycles. The van der Waals surface area contributed by atoms with Gasteiger partial charge in [0.05, 0.1) is 7.11 Å². The topological polar surface area (TPSA) is 52.3 Å². The average Bonchev–Trinajstić information content (AvgIpc) is 2.16. The summed E-state index contributed by atoms with van der Waals surface area (Å²) < 4.78 is 4.50. The third-order valence-electron chi connectivity index (χ3n) is 1.77. The molecule has 0 aliphatic carbocycles. The molecule has 6 heteroatoms. The maximum Gasteiger partial charge on any atom is 0.327 e. The third-order valence-corrected chi connectivity index (χ3v) is 2.43. The molecule has 1 rings (SSSR count). The van der Waals surface area contributed by atoms with Crippen molar-refractivity contribution in [2.24, 2.45) is 5.73 Å². The van der Waals surface area contributed by atoms with Gasteiger partial charge in [-0.3, -0.25) is 4.79 Å². The fourth-order valence-electron chi connectivity index (χ4n) is 1.05. The van der Waals surface area contributed by atoms with E-state index >= 15 is 0 Å². The van der Waals surface area contributed by atoms with Crippen molar-refractivity contribution in [1.82, 2.24) is 0 Å². The van der Waals surface area contributed by atoms with E-state index in [-0.39, 0.29) is 12.4 Å². The van der Waals surface area contributed by atoms with Crippen molar-refractivity contribution in [2.75, 3.05) is 7.11 Å². The van der Waals surface area contributed by atoms with Crippen LogP contribution in [0.4, 0.5) is 0 Å². The van der Waals surface area contributed by atoms with Gasteiger partial charge >= 0.3 is 5.97 Å². The maximum atomic E-state index is 11.2. The van der Waals surface area contributed by atoms with Gasteiger partial charge in [-0.15, -0.1) is 12.4 Å². The van der Waals surface area contributed by atoms with Gasteiger partial charge in [-0.05, 0) is 12.1 Å². The molecule has 0 spiro atoms. The van der Waals surface area contributed by atoms with Crippen LogP contribution in [-0.2, 0) is 9.53 Å². The van der Waals surface area contributed by atoms with Crippen molar-refractivity contribution in [3.8, 4) is 0 Å². The predicted octanol–water partition coefficient (Wildman–Crippen LogP) is 2.59. The van der Waals surface area contributed by atoms with Crippen LogP contribution in [0.15, 0.2) is 18.2 Å². The van der Waals surface area contributed by atoms with Crippen LogP contribution in [0.3, 0.4) is 0 Å². The van der Waals surface area contributed by atoms with E-state index in [1.807, 2.05) is 0 Å². The number of methoxy groups -OCH3 is 1. The molecule has 84 valence electrons. The van der Waals surface area contributed by atoms with E-state index in [9.17, 15) is 4.79 Å². The van der Waals surface area contributed by atoms with Gasteiger partial charge in [0.1, 0.15) is 6.04 Å². The number of hydrogen-bond acceptors (Lipinski definition) is 3. The molecule has 0 fully saturated rings. The predicted molar refractivity (Wildman–Crippen MR) is 62.7 cm³/mol. The number of ether oxygens (including phenoxy) is 1. The second-order valence-electron chi connectivity index (χ2n) is 2.64. The smallest absolute Gasteiger partial charge is 0.327 e. The zero-order chi connectivity index (χ0) is 10.7. The lowest BCUT2D eigenvalue weighted by molar-refractivity contribution is -0.142. The molecule has 0 amide bonds. The fourth-order valence-corrected chi connectivity index (χ4v) is 1.69. The first-order valence-corrected chi connectivity index (χ1v) is 4.61. The summed E-state index contributed by atoms with van der Waals surface area (Å²) in [6.45, 7) is 0. The first kappa shape index (κ1) is 14.5. The highest BCUT2D eigenvalue weighted by atomic mass is 35.5. The molecule has 0 bridgehead atoms. The molecule has 1 atom stereocenters. The lowest BCUT2D eigenvalue weighted by Gasteiger charge is -2.12. The molecular weight excluding hydrogens is 260 g/mol. The van der Waals surface area contributed by atoms with Gasteiger partial charge in [0.15, 0.2) is 0 Å². The van der Waals surface area contributed by atoms with E-state index in [2.05, 4.69) is 4.74 Å². The van der Waals surface area contributed by atoms with Crippen molar-refractivity contribution in [3.05, 3.63) is 33.8 Å². The van der Waals surface area contributed by atoms with Crippen LogP contribution < -0.4 is 5.73 Å². The molecule has 1 aromatic rings. The highest BCUT2D eigenvalue weighted by Gasteiger charge is 2.21. The quantitative estimate of drug-likeness (QED) is 0.841. The van der Waals surface area contributed by atoms with Crippen LogP contribution in [0, 0.1) is 0 Å². The van der Waals surface area contributed by atoms with E-state index < -0.39 is 12.0 Å². The Bertz CT molecular complexity index is 337. The van der Waals surface area contributed by atoms with Gasteiger partial charge in [0.2, 0.25) is 0 Å². The fraction of sp³-hybridized carbons (Fsp3) is 0.222. The Morgan fingerprint density at radius 2 is 1.87 bits per heavy atom. The number of esters is 1. The molecule has 0 aliphatic rings. The highest BCUT2D eigenvalue weighted by molar-refractivity contribution is 6.36. The summed E-state index contributed by atoms with van der Waals surface area (Å²) >= 11 is 11.7. The standard InChI is InChI=1S/C9H9Cl2NO2.ClH/c1-14-9(13)8(12)7-5(10)3-2-4-6(7)11;/h2-4,8H,12H2,1H3;1H/t8-;/m0./s1. The Hall–Kier alpha value is -0.480. The monoisotopic (exact) mass is 269 g/mol. The lowest BCUT2D eigenvalue weighted by Crippen LogP contribution is -2.23. The van der Waals surface area contributed by atoms with E-state index in [1.54, 1.807) is 18.2 Å². The second-order valence-corrected chi connectivity index (χ2v) is 3.45. The third kappa shape index (κ3) is 3.24. The molecule has 2 N–H and O–H groups in total. The molecule has 0 aliphatic heterocycles. The number of carbonyl (C=O) groups excluding carboxylic acids is 1. The molecule has 0 aromatic heterocycles. The zero-order valence-corrected chi connectivity index (χ0v) is 10.2. The Morgan fingerprint density at radius 1 is 1.40 bits per heavy atom. The molecule has 3 nitrogen and oxygen atoms in total. The van der Waals surface area contributed by atoms with Gasteiger partial charge in [0, 0.05) is 15.6 Å². The zero-order valence-electron chi connectivity index (χ0n) is 7.87. The summed E-state index contributed by atoms with van der Waals surface area (Å²) in [5, 5.41) is 0.714. The van der Waals surface area contributed by atoms with E-state index in [1.165, 1.54) is 7.11 Å². The van der Waals surface area contributed by atoms with Crippen LogP contribution in [0.1, 0.15) is 11.6 Å². The van der Waals surface area contributed by atoms with E-state index in [0.29, 0.717) is 15.6 Å². The van der Waals surface area contributed by atoms with E-state index in [0.717, 1.165) is 0 Å². The summed E-state index contributed by atoms with van der Waals surface area (Å²) in [6.07, 6.45) is 0. The average molecular weight is 271 g/mol. The number of hydrogen-bond donors (Lipinski definition) is 1. The van der Waals surface area contributed by atoms with Gasteiger partial charge in [-0.1, -0.05) is 29.3 Å². The summed E-state index contributed by atoms with van der Waals surface area (Å²) in [5.74, 6) is -0.569. The van der Waals surface area contributed by atoms with Crippen molar-refractivity contribution >= 4 is 41.6 Å². The summed E-state index contributed by atoms with van der Waals surface area (Å²) in [5.41, 5.74) is 6.00. The van der Waals surface area contributed by atoms with Crippen molar-refractivity contribution in [1.29, 1.82) is 0 Å². The maximum absolute atomic E-state index is 11.2. The normalized spacial score (nSPS) is 11.5. The van der Waals surface area contributed by atoms with Gasteiger partial charge in [-0.25, -0.2) is 0 Å². The first-order chi connectivity index (χ1) is 6.57. The van der Waals surface area contributed by atoms with Gasteiger partial charge in [-0.2, -0.15) is 0 Å². The Labute approximate surface area is 104 Å². The van der Waals surface area contributed by atoms with Crippen molar-refractivity contribution in [3.63, 3.8) is 0 Å². The highest BCUT2D eigenvalue weighted by Crippen LogP contribution is 2.29. The van der Waals surface area contributed by atoms with E-state index in [4.69, 9.17) is 28.9 Å². The van der Waals surface area contributed by atoms with Crippen molar-refractivity contribution < 1.29 is 9.53 Å². The number of rotatable bonds is 2. The first-order valence-electron chi connectivity index (χ1n) is 3.85. The minimum atomic E-state index is -0.943. The molecular formula is C9H10Cl3NO2. The Kier molecular flexibility index (Phi) is 5.98. The number of carbonyl (C=O) groups is 1. The number of halogens is 3. The molecule has 15 heavy (non-hydrogen) atoms. The Morgan fingerprint density at radius 3 is 2.27 bits per heavy atom. The van der Waals surface area contributed by atoms with Crippen LogP contribution in [-0.4, -0.2) is 13.1 Å².